The molecular weight excluding hydrogens is 366 g/mol. The van der Waals surface area contributed by atoms with Gasteiger partial charge in [0.25, 0.3) is 5.91 Å². The minimum absolute atomic E-state index is 0.00562. The fraction of sp³-hybridized carbons (Fsp3) is 0.318. The van der Waals surface area contributed by atoms with E-state index >= 15 is 0 Å². The van der Waals surface area contributed by atoms with Crippen molar-refractivity contribution in [1.82, 2.24) is 25.5 Å². The number of likely N-dealkylation sites (N-methyl/N-ethyl adjacent to an activating group) is 1. The van der Waals surface area contributed by atoms with E-state index in [0.29, 0.717) is 31.5 Å². The molecule has 0 aliphatic carbocycles. The van der Waals surface area contributed by atoms with Crippen molar-refractivity contribution in [1.29, 1.82) is 0 Å². The molecule has 4 rings (SSSR count). The summed E-state index contributed by atoms with van der Waals surface area (Å²) in [7, 11) is 1.92. The zero-order valence-corrected chi connectivity index (χ0v) is 16.4. The van der Waals surface area contributed by atoms with Gasteiger partial charge in [-0.3, -0.25) is 14.5 Å². The van der Waals surface area contributed by atoms with Crippen molar-refractivity contribution < 1.29 is 9.59 Å². The van der Waals surface area contributed by atoms with Crippen LogP contribution in [0.25, 0.3) is 10.8 Å². The first-order valence-corrected chi connectivity index (χ1v) is 9.85. The molecular formula is C22H25N5O2. The lowest BCUT2D eigenvalue weighted by Gasteiger charge is -2.18. The third-order valence-electron chi connectivity index (χ3n) is 5.47. The third-order valence-corrected chi connectivity index (χ3v) is 5.47. The van der Waals surface area contributed by atoms with Crippen LogP contribution >= 0.6 is 0 Å². The van der Waals surface area contributed by atoms with Crippen LogP contribution in [0, 0.1) is 0 Å². The van der Waals surface area contributed by atoms with Crippen LogP contribution in [0.3, 0.4) is 0 Å². The minimum atomic E-state index is -0.241. The molecule has 1 aliphatic rings. The molecule has 2 heterocycles. The fourth-order valence-corrected chi connectivity index (χ4v) is 3.96. The number of likely N-dealkylation sites (tertiary alicyclic amines) is 1. The molecule has 2 atom stereocenters. The number of carbonyl (C=O) groups is 2. The predicted octanol–water partition coefficient (Wildman–Crippen LogP) is 1.72. The van der Waals surface area contributed by atoms with Gasteiger partial charge in [-0.05, 0) is 30.3 Å². The van der Waals surface area contributed by atoms with Crippen LogP contribution in [0.1, 0.15) is 22.5 Å². The maximum absolute atomic E-state index is 12.9. The maximum Gasteiger partial charge on any atom is 0.252 e. The molecule has 150 valence electrons. The highest BCUT2D eigenvalue weighted by atomic mass is 16.2. The summed E-state index contributed by atoms with van der Waals surface area (Å²) in [6.45, 7) is 1.20. The van der Waals surface area contributed by atoms with E-state index in [4.69, 9.17) is 0 Å². The van der Waals surface area contributed by atoms with Gasteiger partial charge in [0.1, 0.15) is 0 Å². The first-order chi connectivity index (χ1) is 14.1. The molecule has 0 bridgehead atoms. The molecule has 7 nitrogen and oxygen atoms in total. The summed E-state index contributed by atoms with van der Waals surface area (Å²) in [6, 6.07) is 13.3. The highest BCUT2D eigenvalue weighted by Gasteiger charge is 2.35. The molecule has 0 radical (unpaired) electrons. The minimum Gasteiger partial charge on any atom is -0.354 e. The van der Waals surface area contributed by atoms with Crippen molar-refractivity contribution in [2.24, 2.45) is 0 Å². The number of rotatable bonds is 6. The van der Waals surface area contributed by atoms with Crippen LogP contribution in [0.4, 0.5) is 0 Å². The van der Waals surface area contributed by atoms with E-state index in [0.717, 1.165) is 16.5 Å². The summed E-state index contributed by atoms with van der Waals surface area (Å²) >= 11 is 0. The number of hydrogen-bond donors (Lipinski definition) is 3. The second-order valence-electron chi connectivity index (χ2n) is 7.51. The topological polar surface area (TPSA) is 90.1 Å². The number of hydrogen-bond acceptors (Lipinski definition) is 4. The van der Waals surface area contributed by atoms with E-state index in [2.05, 4.69) is 20.6 Å². The zero-order chi connectivity index (χ0) is 20.2. The zero-order valence-electron chi connectivity index (χ0n) is 16.4. The number of H-pyrrole nitrogens is 1. The summed E-state index contributed by atoms with van der Waals surface area (Å²) in [4.78, 5) is 34.4. The smallest absolute Gasteiger partial charge is 0.252 e. The van der Waals surface area contributed by atoms with Gasteiger partial charge in [-0.25, -0.2) is 4.98 Å². The van der Waals surface area contributed by atoms with Gasteiger partial charge in [0.05, 0.1) is 12.4 Å². The summed E-state index contributed by atoms with van der Waals surface area (Å²) < 4.78 is 0. The van der Waals surface area contributed by atoms with Gasteiger partial charge in [0.2, 0.25) is 5.91 Å². The second kappa shape index (κ2) is 8.45. The molecule has 7 heteroatoms. The van der Waals surface area contributed by atoms with E-state index in [1.54, 1.807) is 12.5 Å². The molecule has 3 N–H and O–H groups in total. The number of carbonyl (C=O) groups excluding carboxylic acids is 2. The predicted molar refractivity (Wildman–Crippen MR) is 112 cm³/mol. The van der Waals surface area contributed by atoms with Crippen molar-refractivity contribution >= 4 is 22.6 Å². The third kappa shape index (κ3) is 4.30. The van der Waals surface area contributed by atoms with Crippen LogP contribution in [0.15, 0.2) is 55.0 Å². The van der Waals surface area contributed by atoms with Gasteiger partial charge in [0.15, 0.2) is 0 Å². The van der Waals surface area contributed by atoms with E-state index in [1.807, 2.05) is 54.4 Å². The van der Waals surface area contributed by atoms with E-state index in [1.165, 1.54) is 0 Å². The van der Waals surface area contributed by atoms with Gasteiger partial charge in [0, 0.05) is 43.0 Å². The number of imidazole rings is 1. The Bertz CT molecular complexity index is 996. The molecule has 1 aliphatic heterocycles. The molecule has 0 spiro atoms. The molecule has 1 fully saturated rings. The Hall–Kier alpha value is -3.19. The van der Waals surface area contributed by atoms with Gasteiger partial charge < -0.3 is 15.6 Å². The average molecular weight is 391 g/mol. The van der Waals surface area contributed by atoms with Crippen LogP contribution in [0.5, 0.6) is 0 Å². The van der Waals surface area contributed by atoms with E-state index < -0.39 is 0 Å². The first-order valence-electron chi connectivity index (χ1n) is 9.85. The van der Waals surface area contributed by atoms with E-state index in [-0.39, 0.29) is 23.9 Å². The molecule has 0 unspecified atom stereocenters. The van der Waals surface area contributed by atoms with Gasteiger partial charge in [-0.15, -0.1) is 0 Å². The van der Waals surface area contributed by atoms with Gasteiger partial charge in [-0.1, -0.05) is 36.4 Å². The van der Waals surface area contributed by atoms with Crippen LogP contribution in [0.2, 0.25) is 0 Å². The SMILES string of the molecule is CN1C[C@@H](NC(=O)c2cccc3ccccc23)C[C@H]1C(=O)NCCc1cnc[nH]1. The molecule has 0 saturated carbocycles. The number of benzene rings is 2. The Kier molecular flexibility index (Phi) is 5.57. The fourth-order valence-electron chi connectivity index (χ4n) is 3.96. The lowest BCUT2D eigenvalue weighted by molar-refractivity contribution is -0.125. The lowest BCUT2D eigenvalue weighted by atomic mass is 10.0. The monoisotopic (exact) mass is 391 g/mol. The normalized spacial score (nSPS) is 19.3. The molecule has 3 aromatic rings. The molecule has 2 aromatic carbocycles. The average Bonchev–Trinajstić information content (AvgIpc) is 3.37. The van der Waals surface area contributed by atoms with Gasteiger partial charge in [-0.2, -0.15) is 0 Å². The Labute approximate surface area is 169 Å². The Morgan fingerprint density at radius 2 is 2.03 bits per heavy atom. The molecule has 1 saturated heterocycles. The van der Waals surface area contributed by atoms with Crippen molar-refractivity contribution in [2.45, 2.75) is 24.9 Å². The van der Waals surface area contributed by atoms with Crippen molar-refractivity contribution in [2.75, 3.05) is 20.1 Å². The molecule has 2 amide bonds. The standard InChI is InChI=1S/C22H25N5O2/c1-27-13-17(11-20(27)22(29)24-10-9-16-12-23-14-25-16)26-21(28)19-8-4-6-15-5-2-3-7-18(15)19/h2-8,12,14,17,20H,9-11,13H2,1H3,(H,23,25)(H,24,29)(H,26,28)/t17-,20-/m0/s1. The van der Waals surface area contributed by atoms with Crippen LogP contribution < -0.4 is 10.6 Å². The van der Waals surface area contributed by atoms with Gasteiger partial charge >= 0.3 is 0 Å². The summed E-state index contributed by atoms with van der Waals surface area (Å²) in [5.41, 5.74) is 1.66. The van der Waals surface area contributed by atoms with Crippen molar-refractivity contribution in [3.8, 4) is 0 Å². The first kappa shape index (κ1) is 19.1. The van der Waals surface area contributed by atoms with Crippen molar-refractivity contribution in [3.63, 3.8) is 0 Å². The highest BCUT2D eigenvalue weighted by molar-refractivity contribution is 6.07. The maximum atomic E-state index is 12.9. The molecule has 1 aromatic heterocycles. The second-order valence-corrected chi connectivity index (χ2v) is 7.51. The largest absolute Gasteiger partial charge is 0.354 e. The quantitative estimate of drug-likeness (QED) is 0.597. The van der Waals surface area contributed by atoms with Crippen LogP contribution in [-0.4, -0.2) is 58.9 Å². The number of aromatic nitrogens is 2. The number of aromatic amines is 1. The Morgan fingerprint density at radius 1 is 1.21 bits per heavy atom. The summed E-state index contributed by atoms with van der Waals surface area (Å²) in [6.07, 6.45) is 4.70. The summed E-state index contributed by atoms with van der Waals surface area (Å²) in [5.74, 6) is -0.102. The molecule has 29 heavy (non-hydrogen) atoms. The number of nitrogens with zero attached hydrogens (tertiary/aromatic N) is 2. The van der Waals surface area contributed by atoms with E-state index in [9.17, 15) is 9.59 Å². The summed E-state index contributed by atoms with van der Waals surface area (Å²) in [5, 5.41) is 8.07. The number of nitrogens with one attached hydrogen (secondary N) is 3. The number of amides is 2. The van der Waals surface area contributed by atoms with Crippen molar-refractivity contribution in [3.05, 3.63) is 66.2 Å². The number of fused-ring (bicyclic) bond motifs is 1. The Balaban J connectivity index is 1.34. The Morgan fingerprint density at radius 3 is 2.86 bits per heavy atom. The van der Waals surface area contributed by atoms with Crippen LogP contribution in [-0.2, 0) is 11.2 Å². The lowest BCUT2D eigenvalue weighted by Crippen LogP contribution is -2.42. The highest BCUT2D eigenvalue weighted by Crippen LogP contribution is 2.20.